The highest BCUT2D eigenvalue weighted by Crippen LogP contribution is 2.41. The Morgan fingerprint density at radius 2 is 1.83 bits per heavy atom. The highest BCUT2D eigenvalue weighted by Gasteiger charge is 2.55. The first-order valence-corrected chi connectivity index (χ1v) is 12.1. The summed E-state index contributed by atoms with van der Waals surface area (Å²) in [6.07, 6.45) is 0.873. The topological polar surface area (TPSA) is 57.3 Å². The Morgan fingerprint density at radius 3 is 2.30 bits per heavy atom. The van der Waals surface area contributed by atoms with Crippen LogP contribution in [0, 0.1) is 0 Å². The normalized spacial score (nSPS) is 34.1. The molecule has 2 aliphatic heterocycles. The van der Waals surface area contributed by atoms with Crippen molar-refractivity contribution in [3.05, 3.63) is 0 Å². The van der Waals surface area contributed by atoms with Gasteiger partial charge in [-0.2, -0.15) is 0 Å². The molecule has 0 aliphatic carbocycles. The van der Waals surface area contributed by atoms with E-state index in [1.165, 1.54) is 0 Å². The molecule has 0 aromatic heterocycles. The number of carbonyl (C=O) groups is 1. The molecule has 5 nitrogen and oxygen atoms in total. The summed E-state index contributed by atoms with van der Waals surface area (Å²) < 4.78 is 23.3. The van der Waals surface area contributed by atoms with E-state index in [0.717, 1.165) is 0 Å². The lowest BCUT2D eigenvalue weighted by Crippen LogP contribution is -2.48. The van der Waals surface area contributed by atoms with Crippen molar-refractivity contribution in [3.63, 3.8) is 0 Å². The first-order valence-electron chi connectivity index (χ1n) is 8.50. The third kappa shape index (κ3) is 5.55. The number of carbonyl (C=O) groups excluding carboxylic acids is 1. The van der Waals surface area contributed by atoms with Gasteiger partial charge in [-0.1, -0.05) is 19.6 Å². The number of epoxide rings is 1. The lowest BCUT2D eigenvalue weighted by molar-refractivity contribution is -0.302. The van der Waals surface area contributed by atoms with Crippen molar-refractivity contribution < 1.29 is 23.7 Å². The fourth-order valence-corrected chi connectivity index (χ4v) is 4.91. The fourth-order valence-electron chi connectivity index (χ4n) is 3.15. The van der Waals surface area contributed by atoms with E-state index in [0.29, 0.717) is 12.1 Å². The zero-order chi connectivity index (χ0) is 17.6. The van der Waals surface area contributed by atoms with Gasteiger partial charge in [0.25, 0.3) is 0 Å². The van der Waals surface area contributed by atoms with Crippen LogP contribution in [0.5, 0.6) is 0 Å². The summed E-state index contributed by atoms with van der Waals surface area (Å²) in [6.45, 7) is 16.3. The van der Waals surface area contributed by atoms with Gasteiger partial charge >= 0.3 is 5.97 Å². The average Bonchev–Trinajstić information content (AvgIpc) is 3.01. The number of esters is 1. The molecule has 2 fully saturated rings. The summed E-state index contributed by atoms with van der Waals surface area (Å²) in [6, 6.07) is 0. The van der Waals surface area contributed by atoms with Gasteiger partial charge in [-0.05, 0) is 34.6 Å². The van der Waals surface area contributed by atoms with E-state index >= 15 is 0 Å². The van der Waals surface area contributed by atoms with Gasteiger partial charge in [0.15, 0.2) is 5.79 Å². The summed E-state index contributed by atoms with van der Waals surface area (Å²) in [7, 11) is -1.34. The van der Waals surface area contributed by atoms with Gasteiger partial charge in [0, 0.05) is 6.42 Å². The molecule has 0 spiro atoms. The first kappa shape index (κ1) is 18.9. The van der Waals surface area contributed by atoms with Gasteiger partial charge in [0.05, 0.1) is 32.4 Å². The van der Waals surface area contributed by atoms with Gasteiger partial charge in [0.2, 0.25) is 0 Å². The summed E-state index contributed by atoms with van der Waals surface area (Å²) >= 11 is 0. The van der Waals surface area contributed by atoms with E-state index in [1.54, 1.807) is 0 Å². The second kappa shape index (κ2) is 6.13. The van der Waals surface area contributed by atoms with Crippen LogP contribution in [0.15, 0.2) is 0 Å². The van der Waals surface area contributed by atoms with Gasteiger partial charge < -0.3 is 18.9 Å². The Balaban J connectivity index is 1.96. The molecule has 6 heteroatoms. The molecule has 2 rings (SSSR count). The molecule has 4 atom stereocenters. The maximum Gasteiger partial charge on any atom is 0.308 e. The van der Waals surface area contributed by atoms with E-state index in [9.17, 15) is 4.79 Å². The molecular weight excluding hydrogens is 312 g/mol. The Hall–Kier alpha value is -0.433. The van der Waals surface area contributed by atoms with Crippen molar-refractivity contribution in [1.82, 2.24) is 0 Å². The van der Waals surface area contributed by atoms with E-state index in [4.69, 9.17) is 18.9 Å². The predicted molar refractivity (Wildman–Crippen MR) is 90.9 cm³/mol. The average molecular weight is 345 g/mol. The molecule has 0 saturated carbocycles. The summed E-state index contributed by atoms with van der Waals surface area (Å²) in [5.74, 6) is -0.927. The molecule has 2 aliphatic rings. The summed E-state index contributed by atoms with van der Waals surface area (Å²) in [5, 5.41) is 0. The highest BCUT2D eigenvalue weighted by atomic mass is 28.3. The standard InChI is InChI=1S/C17H32O5Si/c1-16(2,3)22-13(18)10-11-9-12(21-17(4,5)20-11)14-15(19-14)23(6,7)8/h11-12,14-15H,9-10H2,1-8H3/t11-,12+,14+,15-/m1/s1. The number of hydrogen-bond acceptors (Lipinski definition) is 5. The van der Waals surface area contributed by atoms with Gasteiger partial charge in [0.1, 0.15) is 11.7 Å². The van der Waals surface area contributed by atoms with Crippen molar-refractivity contribution in [1.29, 1.82) is 0 Å². The molecule has 0 radical (unpaired) electrons. The van der Waals surface area contributed by atoms with Crippen LogP contribution in [0.3, 0.4) is 0 Å². The maximum atomic E-state index is 12.1. The second-order valence-corrected chi connectivity index (χ2v) is 14.5. The van der Waals surface area contributed by atoms with Crippen LogP contribution in [-0.2, 0) is 23.7 Å². The zero-order valence-electron chi connectivity index (χ0n) is 15.8. The largest absolute Gasteiger partial charge is 0.460 e. The van der Waals surface area contributed by atoms with E-state index < -0.39 is 19.5 Å². The lowest BCUT2D eigenvalue weighted by atomic mass is 10.0. The minimum Gasteiger partial charge on any atom is -0.460 e. The molecule has 0 unspecified atom stereocenters. The van der Waals surface area contributed by atoms with Gasteiger partial charge in [-0.25, -0.2) is 0 Å². The predicted octanol–water partition coefficient (Wildman–Crippen LogP) is 3.27. The molecule has 23 heavy (non-hydrogen) atoms. The van der Waals surface area contributed by atoms with Crippen molar-refractivity contribution in [3.8, 4) is 0 Å². The van der Waals surface area contributed by atoms with Crippen LogP contribution in [0.1, 0.15) is 47.5 Å². The molecule has 0 N–H and O–H groups in total. The monoisotopic (exact) mass is 344 g/mol. The molecule has 0 aromatic rings. The van der Waals surface area contributed by atoms with Crippen molar-refractivity contribution in [2.75, 3.05) is 0 Å². The van der Waals surface area contributed by atoms with E-state index in [-0.39, 0.29) is 30.7 Å². The number of rotatable bonds is 4. The minimum absolute atomic E-state index is 0.0112. The Morgan fingerprint density at radius 1 is 1.22 bits per heavy atom. The van der Waals surface area contributed by atoms with Crippen LogP contribution in [0.25, 0.3) is 0 Å². The van der Waals surface area contributed by atoms with Gasteiger partial charge in [-0.3, -0.25) is 4.79 Å². The van der Waals surface area contributed by atoms with Crippen LogP contribution < -0.4 is 0 Å². The molecule has 0 amide bonds. The highest BCUT2D eigenvalue weighted by molar-refractivity contribution is 6.78. The van der Waals surface area contributed by atoms with Crippen LogP contribution in [-0.4, -0.2) is 49.5 Å². The van der Waals surface area contributed by atoms with Gasteiger partial charge in [-0.15, -0.1) is 0 Å². The SMILES string of the molecule is CC(C)(C)OC(=O)C[C@H]1C[C@@H]([C@@H]2O[C@@H]2[Si](C)(C)C)OC(C)(C)O1. The Kier molecular flexibility index (Phi) is 5.04. The molecule has 2 saturated heterocycles. The van der Waals surface area contributed by atoms with Crippen LogP contribution in [0.2, 0.25) is 19.6 Å². The summed E-state index contributed by atoms with van der Waals surface area (Å²) in [4.78, 5) is 12.1. The minimum atomic E-state index is -1.34. The van der Waals surface area contributed by atoms with Crippen LogP contribution >= 0.6 is 0 Å². The Bertz CT molecular complexity index is 449. The maximum absolute atomic E-state index is 12.1. The number of ether oxygens (including phenoxy) is 4. The molecule has 0 aromatic carbocycles. The van der Waals surface area contributed by atoms with Crippen molar-refractivity contribution in [2.24, 2.45) is 0 Å². The quantitative estimate of drug-likeness (QED) is 0.445. The Labute approximate surface area is 141 Å². The molecule has 2 heterocycles. The van der Waals surface area contributed by atoms with Crippen LogP contribution in [0.4, 0.5) is 0 Å². The van der Waals surface area contributed by atoms with Crippen molar-refractivity contribution in [2.45, 2.75) is 103 Å². The third-order valence-corrected chi connectivity index (χ3v) is 6.11. The van der Waals surface area contributed by atoms with Crippen molar-refractivity contribution >= 4 is 14.0 Å². The molecular formula is C17H32O5Si. The van der Waals surface area contributed by atoms with E-state index in [2.05, 4.69) is 19.6 Å². The smallest absolute Gasteiger partial charge is 0.308 e. The molecule has 134 valence electrons. The second-order valence-electron chi connectivity index (χ2n) is 9.21. The summed E-state index contributed by atoms with van der Waals surface area (Å²) in [5.41, 5.74) is -0.136. The number of hydrogen-bond donors (Lipinski definition) is 0. The third-order valence-electron chi connectivity index (χ3n) is 3.94. The molecule has 0 bridgehead atoms. The zero-order valence-corrected chi connectivity index (χ0v) is 16.8. The lowest BCUT2D eigenvalue weighted by Gasteiger charge is -2.40. The van der Waals surface area contributed by atoms with E-state index in [1.807, 2.05) is 34.6 Å². The first-order chi connectivity index (χ1) is 10.3. The fraction of sp³-hybridized carbons (Fsp3) is 0.941.